The van der Waals surface area contributed by atoms with Crippen LogP contribution < -0.4 is 10.6 Å². The Balaban J connectivity index is 1.52. The largest absolute Gasteiger partial charge is 0.356 e. The van der Waals surface area contributed by atoms with E-state index in [1.807, 2.05) is 7.05 Å². The van der Waals surface area contributed by atoms with E-state index in [9.17, 15) is 0 Å². The van der Waals surface area contributed by atoms with Crippen molar-refractivity contribution < 1.29 is 0 Å². The first-order chi connectivity index (χ1) is 13.8. The molecule has 2 aromatic carbocycles. The lowest BCUT2D eigenvalue weighted by Crippen LogP contribution is -2.41. The van der Waals surface area contributed by atoms with E-state index in [0.29, 0.717) is 5.92 Å². The zero-order valence-corrected chi connectivity index (χ0v) is 17.3. The number of hydrogen-bond donors (Lipinski definition) is 2. The molecule has 1 aliphatic heterocycles. The van der Waals surface area contributed by atoms with Crippen LogP contribution in [0.15, 0.2) is 65.7 Å². The van der Waals surface area contributed by atoms with Crippen molar-refractivity contribution in [2.24, 2.45) is 10.9 Å². The lowest BCUT2D eigenvalue weighted by molar-refractivity contribution is 0.342. The highest BCUT2D eigenvalue weighted by Gasteiger charge is 2.21. The van der Waals surface area contributed by atoms with Crippen LogP contribution in [0.4, 0.5) is 0 Å². The summed E-state index contributed by atoms with van der Waals surface area (Å²) in [4.78, 5) is 6.93. The normalized spacial score (nSPS) is 17.8. The Labute approximate surface area is 170 Å². The summed E-state index contributed by atoms with van der Waals surface area (Å²) < 4.78 is 0. The number of rotatable bonds is 8. The van der Waals surface area contributed by atoms with Crippen LogP contribution in [-0.4, -0.2) is 50.6 Å². The van der Waals surface area contributed by atoms with Gasteiger partial charge in [0.05, 0.1) is 0 Å². The molecule has 1 heterocycles. The molecule has 1 saturated heterocycles. The Hall–Kier alpha value is -2.33. The minimum Gasteiger partial charge on any atom is -0.356 e. The number of guanidine groups is 1. The summed E-state index contributed by atoms with van der Waals surface area (Å²) in [6, 6.07) is 21.6. The maximum absolute atomic E-state index is 4.41. The van der Waals surface area contributed by atoms with Crippen molar-refractivity contribution in [2.75, 3.05) is 39.8 Å². The van der Waals surface area contributed by atoms with E-state index in [-0.39, 0.29) is 0 Å². The van der Waals surface area contributed by atoms with Crippen molar-refractivity contribution in [3.8, 4) is 0 Å². The van der Waals surface area contributed by atoms with Crippen molar-refractivity contribution in [1.82, 2.24) is 15.5 Å². The molecule has 1 unspecified atom stereocenters. The average molecular weight is 379 g/mol. The van der Waals surface area contributed by atoms with Gasteiger partial charge in [-0.25, -0.2) is 0 Å². The van der Waals surface area contributed by atoms with Gasteiger partial charge >= 0.3 is 0 Å². The maximum atomic E-state index is 4.41. The van der Waals surface area contributed by atoms with E-state index in [0.717, 1.165) is 37.9 Å². The van der Waals surface area contributed by atoms with Crippen molar-refractivity contribution in [3.05, 3.63) is 71.8 Å². The van der Waals surface area contributed by atoms with Gasteiger partial charge in [-0.1, -0.05) is 67.6 Å². The molecule has 150 valence electrons. The zero-order chi connectivity index (χ0) is 19.6. The summed E-state index contributed by atoms with van der Waals surface area (Å²) in [5, 5.41) is 7.04. The van der Waals surface area contributed by atoms with E-state index in [4.69, 9.17) is 0 Å². The fraction of sp³-hybridized carbons (Fsp3) is 0.458. The predicted molar refractivity (Wildman–Crippen MR) is 119 cm³/mol. The molecule has 0 amide bonds. The minimum absolute atomic E-state index is 0.390. The average Bonchev–Trinajstić information content (AvgIpc) is 3.23. The molecule has 2 aromatic rings. The summed E-state index contributed by atoms with van der Waals surface area (Å²) >= 11 is 0. The Morgan fingerprint density at radius 1 is 1.04 bits per heavy atom. The molecular weight excluding hydrogens is 344 g/mol. The van der Waals surface area contributed by atoms with Gasteiger partial charge in [0, 0.05) is 32.6 Å². The fourth-order valence-electron chi connectivity index (χ4n) is 4.06. The maximum Gasteiger partial charge on any atom is 0.190 e. The van der Waals surface area contributed by atoms with E-state index >= 15 is 0 Å². The van der Waals surface area contributed by atoms with Gasteiger partial charge in [0.1, 0.15) is 0 Å². The standard InChI is InChI=1S/C24H34N4/c1-3-28-17-15-20(19-28)18-27-24(25-2)26-16-14-23(21-10-6-4-7-11-21)22-12-8-5-9-13-22/h4-13,20,23H,3,14-19H2,1-2H3,(H2,25,26,27). The van der Waals surface area contributed by atoms with Crippen LogP contribution in [0.25, 0.3) is 0 Å². The Morgan fingerprint density at radius 3 is 2.21 bits per heavy atom. The van der Waals surface area contributed by atoms with E-state index in [1.165, 1.54) is 30.6 Å². The number of likely N-dealkylation sites (tertiary alicyclic amines) is 1. The molecule has 0 radical (unpaired) electrons. The van der Waals surface area contributed by atoms with Crippen LogP contribution in [0, 0.1) is 5.92 Å². The van der Waals surface area contributed by atoms with Crippen LogP contribution in [0.1, 0.15) is 36.8 Å². The zero-order valence-electron chi connectivity index (χ0n) is 17.3. The second kappa shape index (κ2) is 10.9. The monoisotopic (exact) mass is 378 g/mol. The van der Waals surface area contributed by atoms with E-state index in [1.54, 1.807) is 0 Å². The predicted octanol–water partition coefficient (Wildman–Crippen LogP) is 3.72. The van der Waals surface area contributed by atoms with Crippen LogP contribution in [0.5, 0.6) is 0 Å². The quantitative estimate of drug-likeness (QED) is 0.543. The molecule has 0 saturated carbocycles. The molecule has 0 aliphatic carbocycles. The van der Waals surface area contributed by atoms with Gasteiger partial charge in [0.25, 0.3) is 0 Å². The summed E-state index contributed by atoms with van der Waals surface area (Å²) in [6.07, 6.45) is 2.31. The molecule has 1 fully saturated rings. The van der Waals surface area contributed by atoms with Gasteiger partial charge < -0.3 is 15.5 Å². The summed E-state index contributed by atoms with van der Waals surface area (Å²) in [6.45, 7) is 7.71. The van der Waals surface area contributed by atoms with Gasteiger partial charge in [-0.15, -0.1) is 0 Å². The molecule has 0 bridgehead atoms. The lowest BCUT2D eigenvalue weighted by atomic mass is 9.88. The second-order valence-electron chi connectivity index (χ2n) is 7.59. The molecule has 3 rings (SSSR count). The van der Waals surface area contributed by atoms with Crippen molar-refractivity contribution in [3.63, 3.8) is 0 Å². The topological polar surface area (TPSA) is 39.7 Å². The van der Waals surface area contributed by atoms with Crippen molar-refractivity contribution in [2.45, 2.75) is 25.7 Å². The van der Waals surface area contributed by atoms with Crippen LogP contribution in [0.3, 0.4) is 0 Å². The smallest absolute Gasteiger partial charge is 0.190 e. The molecule has 28 heavy (non-hydrogen) atoms. The van der Waals surface area contributed by atoms with Crippen LogP contribution >= 0.6 is 0 Å². The lowest BCUT2D eigenvalue weighted by Gasteiger charge is -2.20. The highest BCUT2D eigenvalue weighted by Crippen LogP contribution is 2.27. The van der Waals surface area contributed by atoms with E-state index < -0.39 is 0 Å². The summed E-state index contributed by atoms with van der Waals surface area (Å²) in [5.74, 6) is 2.02. The molecule has 0 aromatic heterocycles. The van der Waals surface area contributed by atoms with Crippen molar-refractivity contribution in [1.29, 1.82) is 0 Å². The van der Waals surface area contributed by atoms with Gasteiger partial charge in [0.15, 0.2) is 5.96 Å². The van der Waals surface area contributed by atoms with Crippen molar-refractivity contribution >= 4 is 5.96 Å². The van der Waals surface area contributed by atoms with Crippen LogP contribution in [0.2, 0.25) is 0 Å². The Bertz CT molecular complexity index is 674. The molecule has 1 atom stereocenters. The summed E-state index contributed by atoms with van der Waals surface area (Å²) in [5.41, 5.74) is 2.73. The highest BCUT2D eigenvalue weighted by molar-refractivity contribution is 5.79. The minimum atomic E-state index is 0.390. The number of hydrogen-bond acceptors (Lipinski definition) is 2. The van der Waals surface area contributed by atoms with Gasteiger partial charge in [-0.3, -0.25) is 4.99 Å². The molecule has 4 nitrogen and oxygen atoms in total. The molecule has 0 spiro atoms. The first-order valence-electron chi connectivity index (χ1n) is 10.6. The SMILES string of the molecule is CCN1CCC(CNC(=NC)NCCC(c2ccccc2)c2ccccc2)C1. The Kier molecular flexibility index (Phi) is 7.92. The first kappa shape index (κ1) is 20.4. The Morgan fingerprint density at radius 2 is 1.68 bits per heavy atom. The summed E-state index contributed by atoms with van der Waals surface area (Å²) in [7, 11) is 1.86. The third-order valence-corrected chi connectivity index (χ3v) is 5.73. The highest BCUT2D eigenvalue weighted by atomic mass is 15.2. The molecule has 1 aliphatic rings. The van der Waals surface area contributed by atoms with Gasteiger partial charge in [-0.05, 0) is 43.0 Å². The van der Waals surface area contributed by atoms with Crippen LogP contribution in [-0.2, 0) is 0 Å². The first-order valence-corrected chi connectivity index (χ1v) is 10.6. The second-order valence-corrected chi connectivity index (χ2v) is 7.59. The molecule has 2 N–H and O–H groups in total. The third-order valence-electron chi connectivity index (χ3n) is 5.73. The number of nitrogens with one attached hydrogen (secondary N) is 2. The molecule has 4 heteroatoms. The number of aliphatic imine (C=N–C) groups is 1. The van der Waals surface area contributed by atoms with Gasteiger partial charge in [-0.2, -0.15) is 0 Å². The number of nitrogens with zero attached hydrogens (tertiary/aromatic N) is 2. The third kappa shape index (κ3) is 5.83. The molecular formula is C24H34N4. The fourth-order valence-corrected chi connectivity index (χ4v) is 4.06. The van der Waals surface area contributed by atoms with Gasteiger partial charge in [0.2, 0.25) is 0 Å². The van der Waals surface area contributed by atoms with E-state index in [2.05, 4.69) is 88.1 Å². The number of benzene rings is 2.